The average Bonchev–Trinajstić information content (AvgIpc) is 2.02. The lowest BCUT2D eigenvalue weighted by Crippen LogP contribution is -2.38. The highest BCUT2D eigenvalue weighted by molar-refractivity contribution is 7.41. The first-order valence-electron chi connectivity index (χ1n) is 5.85. The third-order valence-corrected chi connectivity index (χ3v) is 39.7. The molecule has 0 aromatic heterocycles. The highest BCUT2D eigenvalue weighted by Gasteiger charge is 2.11. The van der Waals surface area contributed by atoms with Gasteiger partial charge >= 0.3 is 0 Å². The fourth-order valence-electron chi connectivity index (χ4n) is 1.83. The van der Waals surface area contributed by atoms with Crippen LogP contribution in [-0.4, -0.2) is 59.4 Å². The van der Waals surface area contributed by atoms with Gasteiger partial charge in [0, 0.05) is 21.1 Å². The van der Waals surface area contributed by atoms with Crippen molar-refractivity contribution in [1.29, 1.82) is 0 Å². The van der Waals surface area contributed by atoms with Crippen LogP contribution in [0.15, 0.2) is 0 Å². The molecule has 0 rings (SSSR count). The Balaban J connectivity index is 3.58. The van der Waals surface area contributed by atoms with Crippen LogP contribution in [0.4, 0.5) is 0 Å². The molecule has 0 bridgehead atoms. The van der Waals surface area contributed by atoms with Gasteiger partial charge in [0.15, 0.2) is 0 Å². The SMILES string of the molecule is CC(C)N(CC[SiH2][SiH2][SiH2][SiH3])C(C)C. The monoisotopic (exact) mass is 249 g/mol. The van der Waals surface area contributed by atoms with E-state index in [0.717, 1.165) is 12.1 Å². The zero-order chi connectivity index (χ0) is 10.3. The summed E-state index contributed by atoms with van der Waals surface area (Å²) in [6, 6.07) is 3.13. The Bertz CT molecular complexity index is 111. The van der Waals surface area contributed by atoms with Crippen molar-refractivity contribution in [1.82, 2.24) is 4.90 Å². The van der Waals surface area contributed by atoms with Crippen LogP contribution in [0.1, 0.15) is 27.7 Å². The molecular formula is C8H27NSi4. The molecule has 13 heavy (non-hydrogen) atoms. The summed E-state index contributed by atoms with van der Waals surface area (Å²) >= 11 is 0. The summed E-state index contributed by atoms with van der Waals surface area (Å²) < 4.78 is 0. The van der Waals surface area contributed by atoms with Gasteiger partial charge in [0.05, 0.1) is 0 Å². The summed E-state index contributed by atoms with van der Waals surface area (Å²) in [5.41, 5.74) is 0. The van der Waals surface area contributed by atoms with Crippen molar-refractivity contribution in [3.8, 4) is 0 Å². The van der Waals surface area contributed by atoms with E-state index in [2.05, 4.69) is 32.6 Å². The second-order valence-corrected chi connectivity index (χ2v) is 30.2. The van der Waals surface area contributed by atoms with Gasteiger partial charge in [-0.25, -0.2) is 0 Å². The van der Waals surface area contributed by atoms with Gasteiger partial charge in [-0.3, -0.25) is 4.90 Å². The van der Waals surface area contributed by atoms with Crippen molar-refractivity contribution in [2.24, 2.45) is 0 Å². The van der Waals surface area contributed by atoms with Crippen molar-refractivity contribution in [2.75, 3.05) is 6.54 Å². The molecule has 0 fully saturated rings. The minimum absolute atomic E-state index is 0.498. The lowest BCUT2D eigenvalue weighted by Gasteiger charge is -2.30. The van der Waals surface area contributed by atoms with Gasteiger partial charge in [-0.1, -0.05) is 6.04 Å². The van der Waals surface area contributed by atoms with E-state index in [-0.39, 0.29) is 0 Å². The van der Waals surface area contributed by atoms with E-state index in [1.54, 1.807) is 15.8 Å². The zero-order valence-corrected chi connectivity index (χ0v) is 16.4. The molecule has 0 aromatic carbocycles. The lowest BCUT2D eigenvalue weighted by molar-refractivity contribution is 0.185. The number of rotatable bonds is 7. The van der Waals surface area contributed by atoms with Crippen LogP contribution in [0.25, 0.3) is 0 Å². The Hall–Kier alpha value is 0.828. The van der Waals surface area contributed by atoms with E-state index in [1.165, 1.54) is 6.54 Å². The molecule has 0 aliphatic heterocycles. The summed E-state index contributed by atoms with van der Waals surface area (Å²) in [5.74, 6) is 0. The van der Waals surface area contributed by atoms with Crippen LogP contribution in [0.3, 0.4) is 0 Å². The molecule has 1 nitrogen and oxygen atoms in total. The lowest BCUT2D eigenvalue weighted by atomic mass is 10.2. The summed E-state index contributed by atoms with van der Waals surface area (Å²) in [5, 5.41) is 0. The standard InChI is InChI=1S/C8H27NSi4/c1-7(2)9(8(3)4)5-6-11-13-12-10/h7-8H,5-6,11-13H2,1-4,10H3. The van der Waals surface area contributed by atoms with E-state index in [9.17, 15) is 0 Å². The summed E-state index contributed by atoms with van der Waals surface area (Å²) in [6.07, 6.45) is 0. The summed E-state index contributed by atoms with van der Waals surface area (Å²) in [7, 11) is 3.41. The van der Waals surface area contributed by atoms with Crippen LogP contribution in [0, 0.1) is 0 Å². The predicted octanol–water partition coefficient (Wildman–Crippen LogP) is -1.86. The molecule has 0 radical (unpaired) electrons. The van der Waals surface area contributed by atoms with E-state index >= 15 is 0 Å². The van der Waals surface area contributed by atoms with Crippen molar-refractivity contribution in [2.45, 2.75) is 45.8 Å². The maximum atomic E-state index is 2.66. The molecule has 0 heterocycles. The molecule has 0 aliphatic rings. The Labute approximate surface area is 93.3 Å². The third-order valence-electron chi connectivity index (χ3n) is 2.60. The largest absolute Gasteiger partial charge is 0.299 e. The highest BCUT2D eigenvalue weighted by atomic mass is 29.7. The van der Waals surface area contributed by atoms with Gasteiger partial charge in [0.25, 0.3) is 0 Å². The first-order chi connectivity index (χ1) is 6.09. The van der Waals surface area contributed by atoms with Crippen LogP contribution < -0.4 is 0 Å². The second kappa shape index (κ2) is 8.16. The molecule has 0 aliphatic carbocycles. The fraction of sp³-hybridized carbons (Fsp3) is 1.00. The Kier molecular flexibility index (Phi) is 8.68. The highest BCUT2D eigenvalue weighted by Crippen LogP contribution is 2.05. The van der Waals surface area contributed by atoms with Crippen LogP contribution in [0.2, 0.25) is 6.04 Å². The minimum atomic E-state index is 0.498. The van der Waals surface area contributed by atoms with Crippen molar-refractivity contribution in [3.05, 3.63) is 0 Å². The Morgan fingerprint density at radius 1 is 1.15 bits per heavy atom. The molecular weight excluding hydrogens is 222 g/mol. The van der Waals surface area contributed by atoms with Gasteiger partial charge in [0.1, 0.15) is 0 Å². The van der Waals surface area contributed by atoms with Gasteiger partial charge in [0.2, 0.25) is 0 Å². The normalized spacial score (nSPS) is 15.0. The summed E-state index contributed by atoms with van der Waals surface area (Å²) in [6.45, 7) is 10.7. The molecule has 0 saturated heterocycles. The van der Waals surface area contributed by atoms with Crippen LogP contribution in [-0.2, 0) is 0 Å². The van der Waals surface area contributed by atoms with Crippen LogP contribution in [0.5, 0.6) is 0 Å². The average molecular weight is 250 g/mol. The van der Waals surface area contributed by atoms with E-state index in [4.69, 9.17) is 0 Å². The summed E-state index contributed by atoms with van der Waals surface area (Å²) in [4.78, 5) is 2.66. The maximum absolute atomic E-state index is 2.66. The smallest absolute Gasteiger partial charge is 0.00625 e. The zero-order valence-electron chi connectivity index (χ0n) is 10.1. The molecule has 0 saturated carbocycles. The van der Waals surface area contributed by atoms with Gasteiger partial charge in [-0.05, 0) is 61.1 Å². The predicted molar refractivity (Wildman–Crippen MR) is 77.4 cm³/mol. The molecule has 0 amide bonds. The number of hydrogen-bond donors (Lipinski definition) is 0. The molecule has 80 valence electrons. The van der Waals surface area contributed by atoms with Gasteiger partial charge in [-0.2, -0.15) is 0 Å². The van der Waals surface area contributed by atoms with E-state index in [0.29, 0.717) is 26.1 Å². The molecule has 0 aromatic rings. The molecule has 0 atom stereocenters. The van der Waals surface area contributed by atoms with E-state index < -0.39 is 0 Å². The molecule has 0 unspecified atom stereocenters. The molecule has 5 heteroatoms. The van der Waals surface area contributed by atoms with Crippen molar-refractivity contribution in [3.63, 3.8) is 0 Å². The molecule has 0 N–H and O–H groups in total. The number of nitrogens with zero attached hydrogens (tertiary/aromatic N) is 1. The van der Waals surface area contributed by atoms with Crippen molar-refractivity contribution < 1.29 is 0 Å². The Morgan fingerprint density at radius 3 is 2.08 bits per heavy atom. The van der Waals surface area contributed by atoms with Gasteiger partial charge < -0.3 is 0 Å². The quantitative estimate of drug-likeness (QED) is 0.378. The first-order valence-corrected chi connectivity index (χ1v) is 20.5. The first kappa shape index (κ1) is 13.8. The maximum Gasteiger partial charge on any atom is 0.00625 e. The fourth-order valence-corrected chi connectivity index (χ4v) is 27.7. The van der Waals surface area contributed by atoms with Crippen molar-refractivity contribution >= 4 is 35.9 Å². The topological polar surface area (TPSA) is 3.24 Å². The minimum Gasteiger partial charge on any atom is -0.299 e. The van der Waals surface area contributed by atoms with Crippen LogP contribution >= 0.6 is 0 Å². The van der Waals surface area contributed by atoms with Gasteiger partial charge in [-0.15, -0.1) is 0 Å². The number of hydrogen-bond acceptors (Lipinski definition) is 1. The second-order valence-electron chi connectivity index (χ2n) is 4.49. The molecule has 0 spiro atoms. The van der Waals surface area contributed by atoms with E-state index in [1.807, 2.05) is 0 Å². The third kappa shape index (κ3) is 6.84. The Morgan fingerprint density at radius 2 is 1.69 bits per heavy atom.